The summed E-state index contributed by atoms with van der Waals surface area (Å²) in [5.74, 6) is -1.31. The molecule has 8 heteroatoms. The van der Waals surface area contributed by atoms with Crippen molar-refractivity contribution in [3.63, 3.8) is 0 Å². The first-order valence-corrected chi connectivity index (χ1v) is 4.98. The maximum absolute atomic E-state index is 11.6. The third-order valence-electron chi connectivity index (χ3n) is 2.28. The zero-order valence-corrected chi connectivity index (χ0v) is 9.00. The summed E-state index contributed by atoms with van der Waals surface area (Å²) in [5, 5.41) is 28.2. The molecule has 1 unspecified atom stereocenters. The lowest BCUT2D eigenvalue weighted by Gasteiger charge is -2.30. The molecule has 1 aliphatic rings. The number of carboxylic acid groups (broad SMARTS) is 1. The molecule has 0 bridgehead atoms. The highest BCUT2D eigenvalue weighted by Gasteiger charge is 2.27. The number of nitrogens with one attached hydrogen (secondary N) is 1. The van der Waals surface area contributed by atoms with E-state index in [1.807, 2.05) is 6.07 Å². The number of aliphatic hydroxyl groups excluding tert-OH is 1. The highest BCUT2D eigenvalue weighted by molar-refractivity contribution is 5.82. The van der Waals surface area contributed by atoms with Crippen LogP contribution in [0, 0.1) is 11.3 Å². The minimum atomic E-state index is -1.34. The van der Waals surface area contributed by atoms with Crippen LogP contribution in [-0.2, 0) is 9.53 Å². The highest BCUT2D eigenvalue weighted by atomic mass is 16.5. The van der Waals surface area contributed by atoms with Crippen molar-refractivity contribution in [3.8, 4) is 6.07 Å². The first-order chi connectivity index (χ1) is 8.08. The molecule has 1 fully saturated rings. The van der Waals surface area contributed by atoms with Crippen molar-refractivity contribution in [2.75, 3.05) is 26.3 Å². The van der Waals surface area contributed by atoms with Gasteiger partial charge in [0.25, 0.3) is 0 Å². The van der Waals surface area contributed by atoms with Crippen LogP contribution in [0.15, 0.2) is 0 Å². The van der Waals surface area contributed by atoms with E-state index in [9.17, 15) is 9.59 Å². The number of rotatable bonds is 3. The van der Waals surface area contributed by atoms with Gasteiger partial charge in [-0.05, 0) is 0 Å². The van der Waals surface area contributed by atoms with E-state index in [1.165, 1.54) is 4.90 Å². The van der Waals surface area contributed by atoms with Crippen molar-refractivity contribution in [2.45, 2.75) is 12.1 Å². The van der Waals surface area contributed by atoms with E-state index in [4.69, 9.17) is 20.2 Å². The molecule has 2 atom stereocenters. The summed E-state index contributed by atoms with van der Waals surface area (Å²) in [7, 11) is 0. The fourth-order valence-corrected chi connectivity index (χ4v) is 1.34. The van der Waals surface area contributed by atoms with Crippen molar-refractivity contribution >= 4 is 12.0 Å². The van der Waals surface area contributed by atoms with Gasteiger partial charge in [0.1, 0.15) is 0 Å². The van der Waals surface area contributed by atoms with E-state index < -0.39 is 30.8 Å². The molecular formula is C9H13N3O5. The Hall–Kier alpha value is -1.85. The average Bonchev–Trinajstić information content (AvgIpc) is 2.35. The van der Waals surface area contributed by atoms with Crippen LogP contribution < -0.4 is 5.32 Å². The maximum atomic E-state index is 11.6. The number of aliphatic hydroxyl groups is 1. The van der Waals surface area contributed by atoms with Crippen molar-refractivity contribution in [3.05, 3.63) is 0 Å². The van der Waals surface area contributed by atoms with Crippen molar-refractivity contribution in [1.29, 1.82) is 5.26 Å². The fourth-order valence-electron chi connectivity index (χ4n) is 1.34. The minimum absolute atomic E-state index is 0.0834. The molecule has 0 aromatic heterocycles. The second kappa shape index (κ2) is 6.03. The molecule has 0 aromatic rings. The zero-order chi connectivity index (χ0) is 12.8. The van der Waals surface area contributed by atoms with Gasteiger partial charge in [0, 0.05) is 6.54 Å². The summed E-state index contributed by atoms with van der Waals surface area (Å²) < 4.78 is 5.04. The number of nitrogens with zero attached hydrogens (tertiary/aromatic N) is 2. The lowest BCUT2D eigenvalue weighted by Crippen LogP contribution is -2.54. The van der Waals surface area contributed by atoms with E-state index in [0.717, 1.165) is 0 Å². The van der Waals surface area contributed by atoms with Gasteiger partial charge in [-0.1, -0.05) is 0 Å². The number of carboxylic acids is 1. The Bertz CT molecular complexity index is 340. The Morgan fingerprint density at radius 1 is 1.65 bits per heavy atom. The molecule has 1 heterocycles. The number of nitriles is 1. The summed E-state index contributed by atoms with van der Waals surface area (Å²) in [4.78, 5) is 23.5. The summed E-state index contributed by atoms with van der Waals surface area (Å²) in [6.07, 6.45) is -0.702. The first-order valence-electron chi connectivity index (χ1n) is 4.98. The zero-order valence-electron chi connectivity index (χ0n) is 9.00. The lowest BCUT2D eigenvalue weighted by molar-refractivity contribution is -0.140. The molecule has 17 heavy (non-hydrogen) atoms. The summed E-state index contributed by atoms with van der Waals surface area (Å²) in [6, 6.07) is -0.102. The smallest absolute Gasteiger partial charge is 0.328 e. The standard InChI is InChI=1S/C9H13N3O5/c10-3-6-4-12(1-2-17-6)9(16)11-7(5-13)8(14)15/h6-7,13H,1-2,4-5H2,(H,11,16)(H,14,15)/t6?,7-/m0/s1. The molecule has 3 N–H and O–H groups in total. The average molecular weight is 243 g/mol. The predicted molar refractivity (Wildman–Crippen MR) is 54.0 cm³/mol. The lowest BCUT2D eigenvalue weighted by atomic mass is 10.3. The molecule has 94 valence electrons. The molecule has 2 amide bonds. The van der Waals surface area contributed by atoms with Crippen molar-refractivity contribution < 1.29 is 24.5 Å². The largest absolute Gasteiger partial charge is 0.480 e. The number of amides is 2. The minimum Gasteiger partial charge on any atom is -0.480 e. The Kier molecular flexibility index (Phi) is 4.68. The summed E-state index contributed by atoms with van der Waals surface area (Å²) in [6.45, 7) is -0.0997. The first kappa shape index (κ1) is 13.2. The molecule has 8 nitrogen and oxygen atoms in total. The number of carbonyl (C=O) groups excluding carboxylic acids is 1. The van der Waals surface area contributed by atoms with Crippen molar-refractivity contribution in [1.82, 2.24) is 10.2 Å². The van der Waals surface area contributed by atoms with Gasteiger partial charge in [-0.15, -0.1) is 0 Å². The summed E-state index contributed by atoms with van der Waals surface area (Å²) >= 11 is 0. The van der Waals surface area contributed by atoms with Crippen LogP contribution in [0.5, 0.6) is 0 Å². The second-order valence-electron chi connectivity index (χ2n) is 3.46. The van der Waals surface area contributed by atoms with E-state index in [0.29, 0.717) is 0 Å². The van der Waals surface area contributed by atoms with Crippen LogP contribution >= 0.6 is 0 Å². The van der Waals surface area contributed by atoms with E-state index in [2.05, 4.69) is 5.32 Å². The van der Waals surface area contributed by atoms with Gasteiger partial charge in [0.15, 0.2) is 12.1 Å². The van der Waals surface area contributed by atoms with Crippen molar-refractivity contribution in [2.24, 2.45) is 0 Å². The van der Waals surface area contributed by atoms with Crippen LogP contribution in [0.2, 0.25) is 0 Å². The molecule has 1 rings (SSSR count). The molecule has 0 spiro atoms. The van der Waals surface area contributed by atoms with E-state index in [-0.39, 0.29) is 19.7 Å². The van der Waals surface area contributed by atoms with E-state index in [1.54, 1.807) is 0 Å². The molecule has 0 radical (unpaired) electrons. The fraction of sp³-hybridized carbons (Fsp3) is 0.667. The van der Waals surface area contributed by atoms with Gasteiger partial charge in [-0.3, -0.25) is 0 Å². The number of aliphatic carboxylic acids is 1. The second-order valence-corrected chi connectivity index (χ2v) is 3.46. The van der Waals surface area contributed by atoms with Gasteiger partial charge in [0.05, 0.1) is 25.8 Å². The molecule has 0 saturated carbocycles. The van der Waals surface area contributed by atoms with Crippen LogP contribution in [0.3, 0.4) is 0 Å². The van der Waals surface area contributed by atoms with Gasteiger partial charge < -0.3 is 25.2 Å². The molecule has 1 saturated heterocycles. The number of ether oxygens (including phenoxy) is 1. The van der Waals surface area contributed by atoms with E-state index >= 15 is 0 Å². The van der Waals surface area contributed by atoms with Crippen LogP contribution in [-0.4, -0.2) is 65.6 Å². The van der Waals surface area contributed by atoms with Gasteiger partial charge in [-0.2, -0.15) is 5.26 Å². The Morgan fingerprint density at radius 3 is 2.88 bits per heavy atom. The third kappa shape index (κ3) is 3.58. The number of hydrogen-bond acceptors (Lipinski definition) is 5. The Balaban J connectivity index is 2.52. The van der Waals surface area contributed by atoms with Crippen LogP contribution in [0.1, 0.15) is 0 Å². The molecular weight excluding hydrogens is 230 g/mol. The molecule has 1 aliphatic heterocycles. The normalized spacial score (nSPS) is 21.4. The highest BCUT2D eigenvalue weighted by Crippen LogP contribution is 2.04. The SMILES string of the molecule is N#CC1CN(C(=O)N[C@@H](CO)C(=O)O)CCO1. The number of carbonyl (C=O) groups is 2. The monoisotopic (exact) mass is 243 g/mol. The quantitative estimate of drug-likeness (QED) is 0.546. The molecule has 0 aliphatic carbocycles. The molecule has 0 aromatic carbocycles. The number of morpholine rings is 1. The van der Waals surface area contributed by atoms with Gasteiger partial charge >= 0.3 is 12.0 Å². The Morgan fingerprint density at radius 2 is 2.35 bits per heavy atom. The maximum Gasteiger partial charge on any atom is 0.328 e. The third-order valence-corrected chi connectivity index (χ3v) is 2.28. The topological polar surface area (TPSA) is 123 Å². The summed E-state index contributed by atoms with van der Waals surface area (Å²) in [5.41, 5.74) is 0. The Labute approximate surface area is 97.4 Å². The van der Waals surface area contributed by atoms with Gasteiger partial charge in [-0.25, -0.2) is 9.59 Å². The van der Waals surface area contributed by atoms with Crippen LogP contribution in [0.25, 0.3) is 0 Å². The number of hydrogen-bond donors (Lipinski definition) is 3. The van der Waals surface area contributed by atoms with Gasteiger partial charge in [0.2, 0.25) is 0 Å². The van der Waals surface area contributed by atoms with Crippen LogP contribution in [0.4, 0.5) is 4.79 Å². The predicted octanol–water partition coefficient (Wildman–Crippen LogP) is -1.63. The number of urea groups is 1.